The van der Waals surface area contributed by atoms with E-state index < -0.39 is 5.60 Å². The number of likely N-dealkylation sites (tertiary alicyclic amines) is 1. The van der Waals surface area contributed by atoms with E-state index >= 15 is 0 Å². The molecule has 0 spiro atoms. The summed E-state index contributed by atoms with van der Waals surface area (Å²) in [5.41, 5.74) is 0.849. The summed E-state index contributed by atoms with van der Waals surface area (Å²) in [6.07, 6.45) is 0.627. The molecule has 4 nitrogen and oxygen atoms in total. The van der Waals surface area contributed by atoms with Crippen LogP contribution in [0.4, 0.5) is 0 Å². The van der Waals surface area contributed by atoms with Gasteiger partial charge in [-0.15, -0.1) is 0 Å². The normalized spacial score (nSPS) is 23.2. The fourth-order valence-corrected chi connectivity index (χ4v) is 2.25. The van der Waals surface area contributed by atoms with E-state index in [1.807, 2.05) is 13.0 Å². The van der Waals surface area contributed by atoms with Gasteiger partial charge in [-0.25, -0.2) is 0 Å². The minimum absolute atomic E-state index is 0.0499. The highest BCUT2D eigenvalue weighted by molar-refractivity contribution is 5.95. The van der Waals surface area contributed by atoms with Gasteiger partial charge in [0.15, 0.2) is 0 Å². The Labute approximate surface area is 107 Å². The van der Waals surface area contributed by atoms with Crippen molar-refractivity contribution in [3.63, 3.8) is 0 Å². The molecule has 0 aromatic heterocycles. The number of hydrogen-bond donors (Lipinski definition) is 1. The number of hydrogen-bond acceptors (Lipinski definition) is 3. The molecular weight excluding hydrogens is 230 g/mol. The number of carbonyl (C=O) groups excluding carboxylic acids is 1. The standard InChI is InChI=1S/C14H19NO3/c1-10-4-5-11(8-12(10)18-3)13(16)15-7-6-14(2,17)9-15/h4-5,8,17H,6-7,9H2,1-3H3. The maximum atomic E-state index is 12.3. The summed E-state index contributed by atoms with van der Waals surface area (Å²) < 4.78 is 5.22. The second-order valence-corrected chi connectivity index (χ2v) is 5.16. The Morgan fingerprint density at radius 1 is 1.50 bits per heavy atom. The van der Waals surface area contributed by atoms with Crippen LogP contribution in [0, 0.1) is 6.92 Å². The maximum absolute atomic E-state index is 12.3. The second kappa shape index (κ2) is 4.61. The summed E-state index contributed by atoms with van der Waals surface area (Å²) in [6, 6.07) is 5.43. The Bertz CT molecular complexity index is 468. The molecule has 1 unspecified atom stereocenters. The number of carbonyl (C=O) groups is 1. The molecule has 1 atom stereocenters. The third-order valence-corrected chi connectivity index (χ3v) is 3.39. The molecule has 0 saturated carbocycles. The van der Waals surface area contributed by atoms with Crippen molar-refractivity contribution in [3.8, 4) is 5.75 Å². The van der Waals surface area contributed by atoms with Crippen LogP contribution in [0.25, 0.3) is 0 Å². The first-order chi connectivity index (χ1) is 8.43. The van der Waals surface area contributed by atoms with Gasteiger partial charge in [0.25, 0.3) is 5.91 Å². The van der Waals surface area contributed by atoms with Crippen LogP contribution in [0.3, 0.4) is 0 Å². The van der Waals surface area contributed by atoms with Gasteiger partial charge in [-0.3, -0.25) is 4.79 Å². The van der Waals surface area contributed by atoms with Crippen LogP contribution in [0.2, 0.25) is 0 Å². The zero-order valence-electron chi connectivity index (χ0n) is 11.1. The lowest BCUT2D eigenvalue weighted by atomic mass is 10.1. The zero-order valence-corrected chi connectivity index (χ0v) is 11.1. The highest BCUT2D eigenvalue weighted by atomic mass is 16.5. The van der Waals surface area contributed by atoms with Gasteiger partial charge in [0, 0.05) is 18.7 Å². The Hall–Kier alpha value is -1.55. The molecule has 4 heteroatoms. The van der Waals surface area contributed by atoms with Crippen LogP contribution in [0.1, 0.15) is 29.3 Å². The van der Waals surface area contributed by atoms with Crippen molar-refractivity contribution in [2.24, 2.45) is 0 Å². The molecule has 1 fully saturated rings. The topological polar surface area (TPSA) is 49.8 Å². The molecular formula is C14H19NO3. The summed E-state index contributed by atoms with van der Waals surface area (Å²) in [7, 11) is 1.59. The first kappa shape index (κ1) is 12.9. The van der Waals surface area contributed by atoms with Crippen molar-refractivity contribution in [2.75, 3.05) is 20.2 Å². The number of nitrogens with zero attached hydrogens (tertiary/aromatic N) is 1. The largest absolute Gasteiger partial charge is 0.496 e. The quantitative estimate of drug-likeness (QED) is 0.866. The smallest absolute Gasteiger partial charge is 0.254 e. The van der Waals surface area contributed by atoms with E-state index in [0.29, 0.717) is 30.8 Å². The van der Waals surface area contributed by atoms with Crippen molar-refractivity contribution in [1.82, 2.24) is 4.90 Å². The van der Waals surface area contributed by atoms with E-state index in [2.05, 4.69) is 0 Å². The van der Waals surface area contributed by atoms with Gasteiger partial charge in [-0.2, -0.15) is 0 Å². The number of rotatable bonds is 2. The van der Waals surface area contributed by atoms with Crippen LogP contribution in [0.15, 0.2) is 18.2 Å². The second-order valence-electron chi connectivity index (χ2n) is 5.16. The molecule has 1 aromatic rings. The third kappa shape index (κ3) is 2.48. The number of benzene rings is 1. The van der Waals surface area contributed by atoms with Crippen LogP contribution >= 0.6 is 0 Å². The monoisotopic (exact) mass is 249 g/mol. The number of aryl methyl sites for hydroxylation is 1. The van der Waals surface area contributed by atoms with Crippen molar-refractivity contribution >= 4 is 5.91 Å². The molecule has 18 heavy (non-hydrogen) atoms. The molecule has 1 aromatic carbocycles. The molecule has 0 radical (unpaired) electrons. The van der Waals surface area contributed by atoms with E-state index in [1.165, 1.54) is 0 Å². The number of methoxy groups -OCH3 is 1. The molecule has 98 valence electrons. The van der Waals surface area contributed by atoms with E-state index in [9.17, 15) is 9.90 Å². The number of aliphatic hydroxyl groups is 1. The van der Waals surface area contributed by atoms with Gasteiger partial charge in [-0.05, 0) is 38.0 Å². The van der Waals surface area contributed by atoms with Crippen molar-refractivity contribution in [2.45, 2.75) is 25.9 Å². The van der Waals surface area contributed by atoms with Gasteiger partial charge < -0.3 is 14.7 Å². The molecule has 1 saturated heterocycles. The third-order valence-electron chi connectivity index (χ3n) is 3.39. The highest BCUT2D eigenvalue weighted by Crippen LogP contribution is 2.24. The fraction of sp³-hybridized carbons (Fsp3) is 0.500. The van der Waals surface area contributed by atoms with Crippen LogP contribution in [-0.4, -0.2) is 41.7 Å². The van der Waals surface area contributed by atoms with Crippen molar-refractivity contribution in [1.29, 1.82) is 0 Å². The molecule has 0 aliphatic carbocycles. The van der Waals surface area contributed by atoms with Crippen LogP contribution < -0.4 is 4.74 Å². The first-order valence-electron chi connectivity index (χ1n) is 6.09. The van der Waals surface area contributed by atoms with E-state index in [4.69, 9.17) is 4.74 Å². The van der Waals surface area contributed by atoms with E-state index in [0.717, 1.165) is 5.56 Å². The number of β-amino-alcohol motifs (C(OH)–C–C–N with tert-alkyl or cyclic N) is 1. The molecule has 1 aliphatic rings. The minimum atomic E-state index is -0.759. The summed E-state index contributed by atoms with van der Waals surface area (Å²) in [5, 5.41) is 9.89. The Balaban J connectivity index is 2.19. The van der Waals surface area contributed by atoms with E-state index in [1.54, 1.807) is 31.1 Å². The van der Waals surface area contributed by atoms with Crippen molar-refractivity contribution < 1.29 is 14.6 Å². The molecule has 1 N–H and O–H groups in total. The zero-order chi connectivity index (χ0) is 13.3. The summed E-state index contributed by atoms with van der Waals surface area (Å²) >= 11 is 0. The highest BCUT2D eigenvalue weighted by Gasteiger charge is 2.34. The van der Waals surface area contributed by atoms with Gasteiger partial charge in [0.2, 0.25) is 0 Å². The van der Waals surface area contributed by atoms with Crippen LogP contribution in [-0.2, 0) is 0 Å². The Morgan fingerprint density at radius 3 is 2.78 bits per heavy atom. The van der Waals surface area contributed by atoms with Gasteiger partial charge in [-0.1, -0.05) is 6.07 Å². The molecule has 1 aliphatic heterocycles. The predicted molar refractivity (Wildman–Crippen MR) is 68.9 cm³/mol. The SMILES string of the molecule is COc1cc(C(=O)N2CCC(C)(O)C2)ccc1C. The first-order valence-corrected chi connectivity index (χ1v) is 6.09. The predicted octanol–water partition coefficient (Wildman–Crippen LogP) is 1.60. The minimum Gasteiger partial charge on any atom is -0.496 e. The summed E-state index contributed by atoms with van der Waals surface area (Å²) in [5.74, 6) is 0.665. The average Bonchev–Trinajstić information content (AvgIpc) is 2.69. The Morgan fingerprint density at radius 2 is 2.22 bits per heavy atom. The van der Waals surface area contributed by atoms with Gasteiger partial charge in [0.05, 0.1) is 12.7 Å². The summed E-state index contributed by atoms with van der Waals surface area (Å²) in [6.45, 7) is 4.69. The molecule has 1 amide bonds. The lowest BCUT2D eigenvalue weighted by Gasteiger charge is -2.19. The maximum Gasteiger partial charge on any atom is 0.254 e. The van der Waals surface area contributed by atoms with Crippen LogP contribution in [0.5, 0.6) is 5.75 Å². The van der Waals surface area contributed by atoms with Gasteiger partial charge >= 0.3 is 0 Å². The molecule has 0 bridgehead atoms. The molecule has 2 rings (SSSR count). The number of ether oxygens (including phenoxy) is 1. The number of amides is 1. The summed E-state index contributed by atoms with van der Waals surface area (Å²) in [4.78, 5) is 14.0. The Kier molecular flexibility index (Phi) is 3.30. The lowest BCUT2D eigenvalue weighted by molar-refractivity contribution is 0.0572. The van der Waals surface area contributed by atoms with E-state index in [-0.39, 0.29) is 5.91 Å². The molecule has 1 heterocycles. The fourth-order valence-electron chi connectivity index (χ4n) is 2.25. The average molecular weight is 249 g/mol. The lowest BCUT2D eigenvalue weighted by Crippen LogP contribution is -2.33. The van der Waals surface area contributed by atoms with Gasteiger partial charge in [0.1, 0.15) is 5.75 Å². The van der Waals surface area contributed by atoms with Crippen molar-refractivity contribution in [3.05, 3.63) is 29.3 Å².